The van der Waals surface area contributed by atoms with Crippen LogP contribution >= 0.6 is 0 Å². The van der Waals surface area contributed by atoms with Crippen LogP contribution in [-0.4, -0.2) is 37.0 Å². The Hall–Kier alpha value is -1.42. The Kier molecular flexibility index (Phi) is 5.74. The van der Waals surface area contributed by atoms with Crippen LogP contribution in [0.1, 0.15) is 42.1 Å². The van der Waals surface area contributed by atoms with E-state index in [0.717, 1.165) is 37.9 Å². The summed E-state index contributed by atoms with van der Waals surface area (Å²) in [4.78, 5) is 14.5. The summed E-state index contributed by atoms with van der Waals surface area (Å²) in [5.41, 5.74) is 1.11. The van der Waals surface area contributed by atoms with Crippen LogP contribution in [0.2, 0.25) is 0 Å². The summed E-state index contributed by atoms with van der Waals surface area (Å²) in [6.07, 6.45) is 3.17. The Morgan fingerprint density at radius 2 is 2.29 bits per heavy atom. The van der Waals surface area contributed by atoms with E-state index in [0.29, 0.717) is 19.0 Å². The predicted octanol–water partition coefficient (Wildman–Crippen LogP) is 2.99. The molecule has 1 aromatic carbocycles. The summed E-state index contributed by atoms with van der Waals surface area (Å²) >= 11 is 0. The van der Waals surface area contributed by atoms with Gasteiger partial charge in [-0.2, -0.15) is 0 Å². The van der Waals surface area contributed by atoms with Crippen LogP contribution in [0.4, 0.5) is 4.39 Å². The van der Waals surface area contributed by atoms with Crippen molar-refractivity contribution >= 4 is 5.91 Å². The summed E-state index contributed by atoms with van der Waals surface area (Å²) < 4.78 is 13.9. The predicted molar refractivity (Wildman–Crippen MR) is 82.9 cm³/mol. The zero-order valence-corrected chi connectivity index (χ0v) is 13.0. The highest BCUT2D eigenvalue weighted by Gasteiger charge is 2.23. The number of nitrogens with one attached hydrogen (secondary N) is 1. The third-order valence-electron chi connectivity index (χ3n) is 4.01. The molecule has 0 spiro atoms. The average molecular weight is 292 g/mol. The largest absolute Gasteiger partial charge is 0.338 e. The first-order valence-corrected chi connectivity index (χ1v) is 7.88. The van der Waals surface area contributed by atoms with E-state index >= 15 is 0 Å². The normalized spacial score (nSPS) is 18.5. The molecule has 1 aliphatic rings. The number of hydrogen-bond acceptors (Lipinski definition) is 2. The fourth-order valence-electron chi connectivity index (χ4n) is 2.91. The molecule has 4 heteroatoms. The lowest BCUT2D eigenvalue weighted by atomic mass is 9.98. The first-order chi connectivity index (χ1) is 10.1. The van der Waals surface area contributed by atoms with Crippen LogP contribution in [0.25, 0.3) is 0 Å². The molecule has 0 saturated carbocycles. The SMILES string of the molecule is CCCN(CC1CCCNC1)C(=O)c1cc(C)ccc1F. The highest BCUT2D eigenvalue weighted by atomic mass is 19.1. The maximum absolute atomic E-state index is 13.9. The van der Waals surface area contributed by atoms with Gasteiger partial charge in [0.15, 0.2) is 0 Å². The first kappa shape index (κ1) is 16.0. The molecule has 1 heterocycles. The number of piperidine rings is 1. The van der Waals surface area contributed by atoms with Crippen molar-refractivity contribution in [2.24, 2.45) is 5.92 Å². The molecule has 1 amide bonds. The second-order valence-corrected chi connectivity index (χ2v) is 5.95. The highest BCUT2D eigenvalue weighted by molar-refractivity contribution is 5.94. The van der Waals surface area contributed by atoms with Gasteiger partial charge >= 0.3 is 0 Å². The number of nitrogens with zero attached hydrogens (tertiary/aromatic N) is 1. The lowest BCUT2D eigenvalue weighted by molar-refractivity contribution is 0.0714. The quantitative estimate of drug-likeness (QED) is 0.905. The van der Waals surface area contributed by atoms with E-state index < -0.39 is 5.82 Å². The van der Waals surface area contributed by atoms with Crippen LogP contribution in [0.5, 0.6) is 0 Å². The molecule has 0 aliphatic carbocycles. The molecule has 0 bridgehead atoms. The molecule has 116 valence electrons. The number of halogens is 1. The van der Waals surface area contributed by atoms with Crippen LogP contribution in [0, 0.1) is 18.7 Å². The van der Waals surface area contributed by atoms with Crippen molar-refractivity contribution in [1.82, 2.24) is 10.2 Å². The third kappa shape index (κ3) is 4.27. The van der Waals surface area contributed by atoms with Gasteiger partial charge in [0.05, 0.1) is 5.56 Å². The van der Waals surface area contributed by atoms with Crippen molar-refractivity contribution in [2.45, 2.75) is 33.1 Å². The van der Waals surface area contributed by atoms with Crippen LogP contribution in [0.15, 0.2) is 18.2 Å². The highest BCUT2D eigenvalue weighted by Crippen LogP contribution is 2.17. The Balaban J connectivity index is 2.12. The van der Waals surface area contributed by atoms with Crippen molar-refractivity contribution in [3.8, 4) is 0 Å². The molecular formula is C17H25FN2O. The van der Waals surface area contributed by atoms with Crippen molar-refractivity contribution in [2.75, 3.05) is 26.2 Å². The Morgan fingerprint density at radius 1 is 1.48 bits per heavy atom. The molecule has 1 fully saturated rings. The van der Waals surface area contributed by atoms with Gasteiger partial charge in [0.25, 0.3) is 5.91 Å². The molecule has 3 nitrogen and oxygen atoms in total. The Bertz CT molecular complexity index is 484. The average Bonchev–Trinajstić information content (AvgIpc) is 2.49. The molecular weight excluding hydrogens is 267 g/mol. The topological polar surface area (TPSA) is 32.3 Å². The zero-order valence-electron chi connectivity index (χ0n) is 13.0. The summed E-state index contributed by atoms with van der Waals surface area (Å²) in [6, 6.07) is 4.73. The number of hydrogen-bond donors (Lipinski definition) is 1. The fourth-order valence-corrected chi connectivity index (χ4v) is 2.91. The molecule has 0 radical (unpaired) electrons. The van der Waals surface area contributed by atoms with Gasteiger partial charge in [0.2, 0.25) is 0 Å². The van der Waals surface area contributed by atoms with Gasteiger partial charge in [-0.1, -0.05) is 18.6 Å². The van der Waals surface area contributed by atoms with Gasteiger partial charge in [-0.05, 0) is 57.3 Å². The van der Waals surface area contributed by atoms with Crippen LogP contribution < -0.4 is 5.32 Å². The smallest absolute Gasteiger partial charge is 0.256 e. The van der Waals surface area contributed by atoms with E-state index in [4.69, 9.17) is 0 Å². The monoisotopic (exact) mass is 292 g/mol. The summed E-state index contributed by atoms with van der Waals surface area (Å²) in [7, 11) is 0. The Morgan fingerprint density at radius 3 is 2.95 bits per heavy atom. The van der Waals surface area contributed by atoms with Crippen molar-refractivity contribution < 1.29 is 9.18 Å². The van der Waals surface area contributed by atoms with Gasteiger partial charge in [0, 0.05) is 13.1 Å². The van der Waals surface area contributed by atoms with Gasteiger partial charge in [-0.15, -0.1) is 0 Å². The minimum atomic E-state index is -0.423. The van der Waals surface area contributed by atoms with Crippen molar-refractivity contribution in [1.29, 1.82) is 0 Å². The molecule has 0 aromatic heterocycles. The summed E-state index contributed by atoms with van der Waals surface area (Å²) in [6.45, 7) is 7.34. The number of carbonyl (C=O) groups is 1. The van der Waals surface area contributed by atoms with Crippen molar-refractivity contribution in [3.63, 3.8) is 0 Å². The second-order valence-electron chi connectivity index (χ2n) is 5.95. The molecule has 1 aliphatic heterocycles. The van der Waals surface area contributed by atoms with E-state index in [1.165, 1.54) is 6.07 Å². The zero-order chi connectivity index (χ0) is 15.2. The number of carbonyl (C=O) groups excluding carboxylic acids is 1. The maximum atomic E-state index is 13.9. The van der Waals surface area contributed by atoms with Gasteiger partial charge < -0.3 is 10.2 Å². The molecule has 1 unspecified atom stereocenters. The Labute approximate surface area is 126 Å². The standard InChI is InChI=1S/C17H25FN2O/c1-3-9-20(12-14-5-4-8-19-11-14)17(21)15-10-13(2)6-7-16(15)18/h6-7,10,14,19H,3-5,8-9,11-12H2,1-2H3. The minimum absolute atomic E-state index is 0.177. The van der Waals surface area contributed by atoms with Crippen molar-refractivity contribution in [3.05, 3.63) is 35.1 Å². The molecule has 1 aromatic rings. The molecule has 1 N–H and O–H groups in total. The number of aryl methyl sites for hydroxylation is 1. The van der Waals surface area contributed by atoms with E-state index in [1.807, 2.05) is 18.7 Å². The first-order valence-electron chi connectivity index (χ1n) is 7.88. The second kappa shape index (κ2) is 7.55. The van der Waals surface area contributed by atoms with Crippen LogP contribution in [-0.2, 0) is 0 Å². The van der Waals surface area contributed by atoms with E-state index in [9.17, 15) is 9.18 Å². The van der Waals surface area contributed by atoms with E-state index in [1.54, 1.807) is 12.1 Å². The number of rotatable bonds is 5. The number of benzene rings is 1. The molecule has 1 saturated heterocycles. The van der Waals surface area contributed by atoms with E-state index in [-0.39, 0.29) is 11.5 Å². The maximum Gasteiger partial charge on any atom is 0.256 e. The third-order valence-corrected chi connectivity index (χ3v) is 4.01. The van der Waals surface area contributed by atoms with Crippen LogP contribution in [0.3, 0.4) is 0 Å². The van der Waals surface area contributed by atoms with Gasteiger partial charge in [0.1, 0.15) is 5.82 Å². The summed E-state index contributed by atoms with van der Waals surface area (Å²) in [5, 5.41) is 3.37. The number of amides is 1. The van der Waals surface area contributed by atoms with Gasteiger partial charge in [-0.3, -0.25) is 4.79 Å². The molecule has 1 atom stereocenters. The lowest BCUT2D eigenvalue weighted by Gasteiger charge is -2.30. The molecule has 2 rings (SSSR count). The minimum Gasteiger partial charge on any atom is -0.338 e. The lowest BCUT2D eigenvalue weighted by Crippen LogP contribution is -2.41. The van der Waals surface area contributed by atoms with E-state index in [2.05, 4.69) is 5.32 Å². The molecule has 21 heavy (non-hydrogen) atoms. The van der Waals surface area contributed by atoms with Gasteiger partial charge in [-0.25, -0.2) is 4.39 Å². The fraction of sp³-hybridized carbons (Fsp3) is 0.588. The summed E-state index contributed by atoms with van der Waals surface area (Å²) in [5.74, 6) is -0.126.